The van der Waals surface area contributed by atoms with Crippen molar-refractivity contribution in [2.45, 2.75) is 6.18 Å². The van der Waals surface area contributed by atoms with Gasteiger partial charge in [-0.15, -0.1) is 24.8 Å². The van der Waals surface area contributed by atoms with E-state index in [4.69, 9.17) is 16.3 Å². The Bertz CT molecular complexity index is 600. The molecule has 12 heteroatoms. The molecule has 2 heterocycles. The van der Waals surface area contributed by atoms with Crippen molar-refractivity contribution >= 4 is 48.1 Å². The molecule has 0 bridgehead atoms. The number of hydrogen-bond donors (Lipinski definition) is 1. The number of pyridine rings is 1. The van der Waals surface area contributed by atoms with Crippen molar-refractivity contribution in [1.29, 1.82) is 0 Å². The first kappa shape index (κ1) is 26.0. The summed E-state index contributed by atoms with van der Waals surface area (Å²) in [6, 6.07) is 0.876. The number of nitrogens with one attached hydrogen (secondary N) is 1. The van der Waals surface area contributed by atoms with Crippen LogP contribution in [-0.4, -0.2) is 68.8 Å². The van der Waals surface area contributed by atoms with Crippen LogP contribution >= 0.6 is 36.4 Å². The third-order valence-corrected chi connectivity index (χ3v) is 4.12. The summed E-state index contributed by atoms with van der Waals surface area (Å²) in [5.41, 5.74) is -0.878. The van der Waals surface area contributed by atoms with Crippen molar-refractivity contribution in [3.63, 3.8) is 0 Å². The van der Waals surface area contributed by atoms with E-state index < -0.39 is 11.7 Å². The van der Waals surface area contributed by atoms with Crippen LogP contribution in [0.3, 0.4) is 0 Å². The zero-order chi connectivity index (χ0) is 18.4. The van der Waals surface area contributed by atoms with Crippen molar-refractivity contribution < 1.29 is 22.7 Å². The topological polar surface area (TPSA) is 57.7 Å². The van der Waals surface area contributed by atoms with Crippen LogP contribution in [0.2, 0.25) is 5.02 Å². The van der Waals surface area contributed by atoms with Gasteiger partial charge >= 0.3 is 6.18 Å². The average molecular weight is 454 g/mol. The Hall–Kier alpha value is -1.00. The average Bonchev–Trinajstić information content (AvgIpc) is 2.58. The van der Waals surface area contributed by atoms with E-state index in [-0.39, 0.29) is 42.3 Å². The molecule has 156 valence electrons. The van der Waals surface area contributed by atoms with Crippen LogP contribution in [0.4, 0.5) is 19.0 Å². The number of ether oxygens (including phenoxy) is 1. The third kappa shape index (κ3) is 7.50. The summed E-state index contributed by atoms with van der Waals surface area (Å²) in [4.78, 5) is 19.4. The zero-order valence-corrected chi connectivity index (χ0v) is 17.0. The molecule has 1 aliphatic heterocycles. The molecule has 1 saturated heterocycles. The highest BCUT2D eigenvalue weighted by Gasteiger charge is 2.32. The van der Waals surface area contributed by atoms with Gasteiger partial charge < -0.3 is 19.9 Å². The number of aromatic nitrogens is 1. The minimum absolute atomic E-state index is 0. The molecule has 0 spiro atoms. The molecule has 1 N–H and O–H groups in total. The maximum absolute atomic E-state index is 12.7. The molecule has 0 unspecified atom stereocenters. The summed E-state index contributed by atoms with van der Waals surface area (Å²) in [5.74, 6) is 0.280. The number of alkyl halides is 3. The van der Waals surface area contributed by atoms with Crippen molar-refractivity contribution in [2.75, 3.05) is 57.9 Å². The summed E-state index contributed by atoms with van der Waals surface area (Å²) >= 11 is 5.96. The van der Waals surface area contributed by atoms with E-state index >= 15 is 0 Å². The fourth-order valence-corrected chi connectivity index (χ4v) is 2.75. The molecule has 6 nitrogen and oxygen atoms in total. The van der Waals surface area contributed by atoms with Crippen molar-refractivity contribution in [3.8, 4) is 0 Å². The van der Waals surface area contributed by atoms with E-state index in [1.54, 1.807) is 16.9 Å². The Morgan fingerprint density at radius 2 is 1.93 bits per heavy atom. The summed E-state index contributed by atoms with van der Waals surface area (Å²) < 4.78 is 42.9. The Morgan fingerprint density at radius 3 is 2.44 bits per heavy atom. The van der Waals surface area contributed by atoms with Gasteiger partial charge in [0.1, 0.15) is 5.82 Å². The second-order valence-electron chi connectivity index (χ2n) is 5.56. The first-order chi connectivity index (χ1) is 11.8. The summed E-state index contributed by atoms with van der Waals surface area (Å²) in [6.45, 7) is 3.19. The van der Waals surface area contributed by atoms with Gasteiger partial charge in [-0.2, -0.15) is 13.2 Å². The highest BCUT2D eigenvalue weighted by molar-refractivity contribution is 6.33. The van der Waals surface area contributed by atoms with Gasteiger partial charge in [0.2, 0.25) is 5.91 Å². The number of rotatable bonds is 6. The highest BCUT2D eigenvalue weighted by Crippen LogP contribution is 2.33. The molecule has 0 saturated carbocycles. The monoisotopic (exact) mass is 452 g/mol. The molecule has 1 aromatic rings. The van der Waals surface area contributed by atoms with Crippen molar-refractivity contribution in [2.24, 2.45) is 0 Å². The number of anilines is 1. The molecule has 0 aromatic carbocycles. The molecule has 0 radical (unpaired) electrons. The minimum atomic E-state index is -4.48. The van der Waals surface area contributed by atoms with E-state index in [0.29, 0.717) is 45.1 Å². The largest absolute Gasteiger partial charge is 0.417 e. The first-order valence-corrected chi connectivity index (χ1v) is 8.16. The third-order valence-electron chi connectivity index (χ3n) is 3.84. The van der Waals surface area contributed by atoms with Crippen molar-refractivity contribution in [3.05, 3.63) is 22.8 Å². The van der Waals surface area contributed by atoms with E-state index in [2.05, 4.69) is 10.3 Å². The van der Waals surface area contributed by atoms with Gasteiger partial charge in [0, 0.05) is 46.0 Å². The van der Waals surface area contributed by atoms with Gasteiger partial charge in [-0.25, -0.2) is 4.98 Å². The van der Waals surface area contributed by atoms with Gasteiger partial charge in [-0.3, -0.25) is 4.79 Å². The molecule has 1 aliphatic rings. The van der Waals surface area contributed by atoms with Crippen LogP contribution in [0.15, 0.2) is 12.3 Å². The van der Waals surface area contributed by atoms with Gasteiger partial charge in [0.05, 0.1) is 23.7 Å². The van der Waals surface area contributed by atoms with Gasteiger partial charge in [-0.1, -0.05) is 11.6 Å². The highest BCUT2D eigenvalue weighted by atomic mass is 35.5. The number of piperazine rings is 1. The maximum Gasteiger partial charge on any atom is 0.417 e. The number of methoxy groups -OCH3 is 1. The minimum Gasteiger partial charge on any atom is -0.383 e. The quantitative estimate of drug-likeness (QED) is 0.671. The predicted octanol–water partition coefficient (Wildman–Crippen LogP) is 2.48. The first-order valence-electron chi connectivity index (χ1n) is 7.78. The Morgan fingerprint density at radius 1 is 1.30 bits per heavy atom. The Balaban J connectivity index is 0.00000338. The second kappa shape index (κ2) is 11.8. The molecule has 0 atom stereocenters. The van der Waals surface area contributed by atoms with E-state index in [9.17, 15) is 18.0 Å². The lowest BCUT2D eigenvalue weighted by Crippen LogP contribution is -2.51. The maximum atomic E-state index is 12.7. The summed E-state index contributed by atoms with van der Waals surface area (Å²) in [5, 5.41) is 2.94. The van der Waals surface area contributed by atoms with E-state index in [1.165, 1.54) is 0 Å². The lowest BCUT2D eigenvalue weighted by Gasteiger charge is -2.36. The predicted molar refractivity (Wildman–Crippen MR) is 102 cm³/mol. The van der Waals surface area contributed by atoms with E-state index in [1.807, 2.05) is 0 Å². The normalized spacial score (nSPS) is 14.4. The second-order valence-corrected chi connectivity index (χ2v) is 5.97. The molecular formula is C15H22Cl3F3N4O2. The van der Waals surface area contributed by atoms with Crippen LogP contribution in [0.5, 0.6) is 0 Å². The standard InChI is InChI=1S/C15H20ClF3N4O2.2ClH/c1-25-7-2-20-10-13(24)22-3-5-23(6-4-22)14-12(16)8-11(9-21-14)15(17,18)19;;/h8-9,20H,2-7,10H2,1H3;2*1H. The van der Waals surface area contributed by atoms with Crippen LogP contribution in [-0.2, 0) is 15.7 Å². The fourth-order valence-electron chi connectivity index (χ4n) is 2.47. The number of amides is 1. The molecule has 2 rings (SSSR count). The molecule has 1 amide bonds. The number of hydrogen-bond acceptors (Lipinski definition) is 5. The van der Waals surface area contributed by atoms with Crippen LogP contribution in [0, 0.1) is 0 Å². The molecule has 27 heavy (non-hydrogen) atoms. The Labute approximate surface area is 173 Å². The fraction of sp³-hybridized carbons (Fsp3) is 0.600. The summed E-state index contributed by atoms with van der Waals surface area (Å²) in [7, 11) is 1.59. The smallest absolute Gasteiger partial charge is 0.383 e. The lowest BCUT2D eigenvalue weighted by molar-refractivity contribution is -0.137. The number of carbonyl (C=O) groups excluding carboxylic acids is 1. The molecule has 1 fully saturated rings. The molecule has 0 aliphatic carbocycles. The van der Waals surface area contributed by atoms with Crippen LogP contribution < -0.4 is 10.2 Å². The van der Waals surface area contributed by atoms with Crippen LogP contribution in [0.1, 0.15) is 5.56 Å². The number of halogens is 6. The Kier molecular flexibility index (Phi) is 11.3. The summed E-state index contributed by atoms with van der Waals surface area (Å²) in [6.07, 6.45) is -3.70. The molecule has 1 aromatic heterocycles. The molecular weight excluding hydrogens is 432 g/mol. The number of nitrogens with zero attached hydrogens (tertiary/aromatic N) is 3. The van der Waals surface area contributed by atoms with Gasteiger partial charge in [0.15, 0.2) is 0 Å². The van der Waals surface area contributed by atoms with Crippen molar-refractivity contribution in [1.82, 2.24) is 15.2 Å². The zero-order valence-electron chi connectivity index (χ0n) is 14.6. The van der Waals surface area contributed by atoms with Gasteiger partial charge in [0.25, 0.3) is 0 Å². The van der Waals surface area contributed by atoms with Crippen LogP contribution in [0.25, 0.3) is 0 Å². The van der Waals surface area contributed by atoms with Gasteiger partial charge in [-0.05, 0) is 6.07 Å². The SMILES string of the molecule is COCCNCC(=O)N1CCN(c2ncc(C(F)(F)F)cc2Cl)CC1.Cl.Cl. The number of carbonyl (C=O) groups is 1. The van der Waals surface area contributed by atoms with E-state index in [0.717, 1.165) is 12.3 Å². The lowest BCUT2D eigenvalue weighted by atomic mass is 10.2.